The number of sulfone groups is 1. The van der Waals surface area contributed by atoms with E-state index in [0.717, 1.165) is 5.69 Å². The van der Waals surface area contributed by atoms with Gasteiger partial charge in [0, 0.05) is 12.7 Å². The second-order valence-corrected chi connectivity index (χ2v) is 6.61. The second-order valence-electron chi connectivity index (χ2n) is 4.10. The molecule has 0 aliphatic rings. The molecule has 0 aliphatic heterocycles. The third kappa shape index (κ3) is 2.98. The Balaban J connectivity index is 3.01. The summed E-state index contributed by atoms with van der Waals surface area (Å²) in [5.41, 5.74) is 0.828. The molecule has 0 aromatic heterocycles. The van der Waals surface area contributed by atoms with Gasteiger partial charge in [0.1, 0.15) is 6.54 Å². The lowest BCUT2D eigenvalue weighted by molar-refractivity contribution is 0.587. The molecular weight excluding hydrogens is 236 g/mol. The lowest BCUT2D eigenvalue weighted by Gasteiger charge is -2.16. The molecule has 0 bridgehead atoms. The van der Waals surface area contributed by atoms with Crippen LogP contribution in [0.2, 0.25) is 0 Å². The first-order valence-electron chi connectivity index (χ1n) is 5.31. The molecule has 0 saturated heterocycles. The van der Waals surface area contributed by atoms with Crippen molar-refractivity contribution in [1.82, 2.24) is 0 Å². The Morgan fingerprint density at radius 2 is 1.82 bits per heavy atom. The number of anilines is 1. The lowest BCUT2D eigenvalue weighted by atomic mass is 10.3. The van der Waals surface area contributed by atoms with Crippen LogP contribution >= 0.6 is 0 Å². The molecule has 4 nitrogen and oxygen atoms in total. The summed E-state index contributed by atoms with van der Waals surface area (Å²) in [6.07, 6.45) is 0. The van der Waals surface area contributed by atoms with Gasteiger partial charge in [0.25, 0.3) is 0 Å². The van der Waals surface area contributed by atoms with Gasteiger partial charge in [0.05, 0.1) is 16.2 Å². The molecule has 0 saturated carbocycles. The summed E-state index contributed by atoms with van der Waals surface area (Å²) in [6.45, 7) is 3.59. The fraction of sp³-hybridized carbons (Fsp3) is 0.417. The van der Waals surface area contributed by atoms with Crippen molar-refractivity contribution >= 4 is 15.5 Å². The minimum absolute atomic E-state index is 0.274. The van der Waals surface area contributed by atoms with Crippen LogP contribution in [-0.4, -0.2) is 27.3 Å². The lowest BCUT2D eigenvalue weighted by Crippen LogP contribution is -2.17. The van der Waals surface area contributed by atoms with Crippen LogP contribution in [0, 0.1) is 11.3 Å². The Morgan fingerprint density at radius 1 is 1.29 bits per heavy atom. The quantitative estimate of drug-likeness (QED) is 0.767. The average Bonchev–Trinajstić information content (AvgIpc) is 2.29. The molecule has 1 rings (SSSR count). The van der Waals surface area contributed by atoms with Crippen LogP contribution < -0.4 is 4.90 Å². The van der Waals surface area contributed by atoms with Crippen LogP contribution in [0.5, 0.6) is 0 Å². The summed E-state index contributed by atoms with van der Waals surface area (Å²) in [6, 6.07) is 8.63. The molecule has 1 aromatic carbocycles. The van der Waals surface area contributed by atoms with Crippen LogP contribution in [0.25, 0.3) is 0 Å². The molecule has 0 unspecified atom stereocenters. The first kappa shape index (κ1) is 13.5. The highest BCUT2D eigenvalue weighted by Gasteiger charge is 2.18. The number of nitriles is 1. The zero-order valence-electron chi connectivity index (χ0n) is 10.2. The van der Waals surface area contributed by atoms with E-state index in [0.29, 0.717) is 4.90 Å². The normalized spacial score (nSPS) is 11.2. The van der Waals surface area contributed by atoms with E-state index in [-0.39, 0.29) is 6.54 Å². The number of benzene rings is 1. The van der Waals surface area contributed by atoms with Crippen molar-refractivity contribution in [1.29, 1.82) is 5.26 Å². The molecule has 5 heteroatoms. The Morgan fingerprint density at radius 3 is 2.24 bits per heavy atom. The fourth-order valence-electron chi connectivity index (χ4n) is 1.36. The van der Waals surface area contributed by atoms with Gasteiger partial charge in [-0.05, 0) is 38.1 Å². The van der Waals surface area contributed by atoms with Crippen LogP contribution in [0.1, 0.15) is 13.8 Å². The van der Waals surface area contributed by atoms with Gasteiger partial charge in [0.2, 0.25) is 0 Å². The Hall–Kier alpha value is -1.54. The number of rotatable bonds is 4. The van der Waals surface area contributed by atoms with Gasteiger partial charge in [0.15, 0.2) is 9.84 Å². The molecule has 1 aromatic rings. The summed E-state index contributed by atoms with van der Waals surface area (Å²) in [7, 11) is -1.43. The summed E-state index contributed by atoms with van der Waals surface area (Å²) in [4.78, 5) is 2.08. The maximum Gasteiger partial charge on any atom is 0.180 e. The Bertz CT molecular complexity index is 512. The predicted octanol–water partition coefficient (Wildman–Crippen LogP) is 1.83. The first-order valence-corrected chi connectivity index (χ1v) is 6.86. The zero-order chi connectivity index (χ0) is 13.1. The van der Waals surface area contributed by atoms with Crippen molar-refractivity contribution in [3.8, 4) is 6.07 Å². The maximum absolute atomic E-state index is 11.9. The smallest absolute Gasteiger partial charge is 0.180 e. The molecule has 0 aliphatic carbocycles. The van der Waals surface area contributed by atoms with Crippen molar-refractivity contribution in [2.45, 2.75) is 24.0 Å². The van der Waals surface area contributed by atoms with E-state index in [4.69, 9.17) is 5.26 Å². The largest absolute Gasteiger partial charge is 0.361 e. The third-order valence-corrected chi connectivity index (χ3v) is 4.70. The van der Waals surface area contributed by atoms with Gasteiger partial charge in [-0.3, -0.25) is 0 Å². The van der Waals surface area contributed by atoms with Crippen LogP contribution in [0.3, 0.4) is 0 Å². The van der Waals surface area contributed by atoms with E-state index in [9.17, 15) is 8.42 Å². The minimum Gasteiger partial charge on any atom is -0.361 e. The highest BCUT2D eigenvalue weighted by molar-refractivity contribution is 7.92. The van der Waals surface area contributed by atoms with Crippen molar-refractivity contribution in [2.24, 2.45) is 0 Å². The molecule has 0 amide bonds. The molecular formula is C12H16N2O2S. The average molecular weight is 252 g/mol. The molecule has 0 atom stereocenters. The topological polar surface area (TPSA) is 61.2 Å². The Labute approximate surface area is 102 Å². The van der Waals surface area contributed by atoms with Crippen molar-refractivity contribution in [2.75, 3.05) is 18.5 Å². The molecule has 0 spiro atoms. The molecule has 0 N–H and O–H groups in total. The van der Waals surface area contributed by atoms with E-state index in [1.807, 2.05) is 6.07 Å². The first-order chi connectivity index (χ1) is 7.89. The van der Waals surface area contributed by atoms with Crippen molar-refractivity contribution in [3.63, 3.8) is 0 Å². The van der Waals surface area contributed by atoms with Gasteiger partial charge in [-0.15, -0.1) is 0 Å². The predicted molar refractivity (Wildman–Crippen MR) is 67.6 cm³/mol. The maximum atomic E-state index is 11.9. The number of hydrogen-bond acceptors (Lipinski definition) is 4. The summed E-state index contributed by atoms with van der Waals surface area (Å²) in [5.74, 6) is 0. The zero-order valence-corrected chi connectivity index (χ0v) is 11.0. The van der Waals surface area contributed by atoms with Crippen LogP contribution in [-0.2, 0) is 9.84 Å². The van der Waals surface area contributed by atoms with E-state index in [1.165, 1.54) is 0 Å². The van der Waals surface area contributed by atoms with Gasteiger partial charge < -0.3 is 4.90 Å². The summed E-state index contributed by atoms with van der Waals surface area (Å²) >= 11 is 0. The SMILES string of the molecule is CC(C)S(=O)(=O)c1ccc(N(C)CC#N)cc1. The molecule has 17 heavy (non-hydrogen) atoms. The summed E-state index contributed by atoms with van der Waals surface area (Å²) < 4.78 is 23.7. The number of hydrogen-bond donors (Lipinski definition) is 0. The minimum atomic E-state index is -3.22. The fourth-order valence-corrected chi connectivity index (χ4v) is 2.42. The van der Waals surface area contributed by atoms with E-state index in [2.05, 4.69) is 0 Å². The molecule has 92 valence electrons. The second kappa shape index (κ2) is 5.19. The van der Waals surface area contributed by atoms with Crippen molar-refractivity contribution in [3.05, 3.63) is 24.3 Å². The molecule has 0 heterocycles. The highest BCUT2D eigenvalue weighted by Crippen LogP contribution is 2.20. The van der Waals surface area contributed by atoms with E-state index in [1.54, 1.807) is 50.1 Å². The van der Waals surface area contributed by atoms with Crippen molar-refractivity contribution < 1.29 is 8.42 Å². The molecule has 0 radical (unpaired) electrons. The summed E-state index contributed by atoms with van der Waals surface area (Å²) in [5, 5.41) is 8.14. The van der Waals surface area contributed by atoms with Gasteiger partial charge >= 0.3 is 0 Å². The Kier molecular flexibility index (Phi) is 4.13. The number of nitrogens with zero attached hydrogens (tertiary/aromatic N) is 2. The van der Waals surface area contributed by atoms with E-state index < -0.39 is 15.1 Å². The standard InChI is InChI=1S/C12H16N2O2S/c1-10(2)17(15,16)12-6-4-11(5-7-12)14(3)9-8-13/h4-7,10H,9H2,1-3H3. The van der Waals surface area contributed by atoms with Gasteiger partial charge in [-0.1, -0.05) is 0 Å². The van der Waals surface area contributed by atoms with Gasteiger partial charge in [-0.2, -0.15) is 5.26 Å². The third-order valence-electron chi connectivity index (χ3n) is 2.53. The van der Waals surface area contributed by atoms with Crippen LogP contribution in [0.15, 0.2) is 29.2 Å². The highest BCUT2D eigenvalue weighted by atomic mass is 32.2. The van der Waals surface area contributed by atoms with E-state index >= 15 is 0 Å². The monoisotopic (exact) mass is 252 g/mol. The van der Waals surface area contributed by atoms with Gasteiger partial charge in [-0.25, -0.2) is 8.42 Å². The van der Waals surface area contributed by atoms with Crippen LogP contribution in [0.4, 0.5) is 5.69 Å². The molecule has 0 fully saturated rings.